The third-order valence-corrected chi connectivity index (χ3v) is 3.54. The van der Waals surface area contributed by atoms with Gasteiger partial charge in [-0.2, -0.15) is 0 Å². The minimum Gasteiger partial charge on any atom is -0.496 e. The first kappa shape index (κ1) is 16.2. The number of para-hydroxylation sites is 1. The molecule has 0 unspecified atom stereocenters. The maximum absolute atomic E-state index is 12.0. The fourth-order valence-electron chi connectivity index (χ4n) is 2.10. The molecule has 1 amide bonds. The van der Waals surface area contributed by atoms with Gasteiger partial charge in [-0.1, -0.05) is 35.9 Å². The van der Waals surface area contributed by atoms with Crippen LogP contribution in [-0.4, -0.2) is 20.1 Å². The lowest BCUT2D eigenvalue weighted by Gasteiger charge is -2.10. The van der Waals surface area contributed by atoms with E-state index in [-0.39, 0.29) is 12.3 Å². The quantitative estimate of drug-likeness (QED) is 0.889. The van der Waals surface area contributed by atoms with Gasteiger partial charge in [0.05, 0.1) is 25.7 Å². The molecule has 0 spiro atoms. The summed E-state index contributed by atoms with van der Waals surface area (Å²) in [6, 6.07) is 12.9. The summed E-state index contributed by atoms with van der Waals surface area (Å²) in [4.78, 5) is 12.0. The second kappa shape index (κ2) is 7.71. The van der Waals surface area contributed by atoms with Crippen molar-refractivity contribution < 1.29 is 14.3 Å². The number of nitrogens with one attached hydrogen (secondary N) is 1. The van der Waals surface area contributed by atoms with Gasteiger partial charge >= 0.3 is 0 Å². The Labute approximate surface area is 135 Å². The number of amides is 1. The summed E-state index contributed by atoms with van der Waals surface area (Å²) in [5.41, 5.74) is 1.77. The zero-order valence-corrected chi connectivity index (χ0v) is 13.3. The van der Waals surface area contributed by atoms with Gasteiger partial charge in [0, 0.05) is 12.1 Å². The number of halogens is 1. The molecule has 0 radical (unpaired) electrons. The van der Waals surface area contributed by atoms with Crippen LogP contribution in [0.25, 0.3) is 0 Å². The van der Waals surface area contributed by atoms with Crippen LogP contribution in [0, 0.1) is 0 Å². The molecular formula is C17H18ClNO3. The Bertz CT molecular complexity index is 658. The van der Waals surface area contributed by atoms with Crippen molar-refractivity contribution in [1.82, 2.24) is 5.32 Å². The van der Waals surface area contributed by atoms with Gasteiger partial charge in [0.25, 0.3) is 0 Å². The molecule has 0 fully saturated rings. The molecule has 1 N–H and O–H groups in total. The van der Waals surface area contributed by atoms with E-state index in [0.717, 1.165) is 11.1 Å². The molecule has 4 nitrogen and oxygen atoms in total. The van der Waals surface area contributed by atoms with Gasteiger partial charge in [-0.3, -0.25) is 4.79 Å². The molecule has 2 aromatic rings. The van der Waals surface area contributed by atoms with Crippen molar-refractivity contribution in [1.29, 1.82) is 0 Å². The molecule has 0 saturated heterocycles. The van der Waals surface area contributed by atoms with Crippen LogP contribution < -0.4 is 14.8 Å². The summed E-state index contributed by atoms with van der Waals surface area (Å²) in [5.74, 6) is 1.26. The molecule has 116 valence electrons. The van der Waals surface area contributed by atoms with E-state index in [0.29, 0.717) is 23.1 Å². The molecule has 0 atom stereocenters. The van der Waals surface area contributed by atoms with Crippen molar-refractivity contribution in [2.24, 2.45) is 0 Å². The molecule has 0 aliphatic carbocycles. The molecule has 5 heteroatoms. The lowest BCUT2D eigenvalue weighted by Crippen LogP contribution is -2.24. The highest BCUT2D eigenvalue weighted by Crippen LogP contribution is 2.24. The van der Waals surface area contributed by atoms with Gasteiger partial charge in [0.1, 0.15) is 11.5 Å². The largest absolute Gasteiger partial charge is 0.496 e. The maximum atomic E-state index is 12.0. The van der Waals surface area contributed by atoms with Crippen LogP contribution in [0.3, 0.4) is 0 Å². The van der Waals surface area contributed by atoms with E-state index in [9.17, 15) is 4.79 Å². The zero-order chi connectivity index (χ0) is 15.9. The van der Waals surface area contributed by atoms with E-state index in [1.807, 2.05) is 30.3 Å². The maximum Gasteiger partial charge on any atom is 0.224 e. The molecule has 0 aliphatic rings. The number of rotatable bonds is 6. The zero-order valence-electron chi connectivity index (χ0n) is 12.6. The highest BCUT2D eigenvalue weighted by molar-refractivity contribution is 6.32. The molecule has 2 aromatic carbocycles. The number of hydrogen-bond acceptors (Lipinski definition) is 3. The number of carbonyl (C=O) groups excluding carboxylic acids is 1. The van der Waals surface area contributed by atoms with E-state index in [1.54, 1.807) is 26.4 Å². The third-order valence-electron chi connectivity index (χ3n) is 3.25. The van der Waals surface area contributed by atoms with E-state index in [2.05, 4.69) is 5.32 Å². The lowest BCUT2D eigenvalue weighted by atomic mass is 10.1. The summed E-state index contributed by atoms with van der Waals surface area (Å²) < 4.78 is 10.3. The highest BCUT2D eigenvalue weighted by atomic mass is 35.5. The van der Waals surface area contributed by atoms with Crippen molar-refractivity contribution in [3.63, 3.8) is 0 Å². The van der Waals surface area contributed by atoms with Gasteiger partial charge in [-0.25, -0.2) is 0 Å². The van der Waals surface area contributed by atoms with Gasteiger partial charge in [-0.05, 0) is 23.8 Å². The van der Waals surface area contributed by atoms with Crippen molar-refractivity contribution in [2.75, 3.05) is 14.2 Å². The number of ether oxygens (including phenoxy) is 2. The summed E-state index contributed by atoms with van der Waals surface area (Å²) >= 11 is 6.06. The van der Waals surface area contributed by atoms with Crippen LogP contribution >= 0.6 is 11.6 Å². The van der Waals surface area contributed by atoms with E-state index < -0.39 is 0 Å². The molecule has 0 aromatic heterocycles. The molecule has 22 heavy (non-hydrogen) atoms. The van der Waals surface area contributed by atoms with Crippen molar-refractivity contribution in [3.05, 3.63) is 58.6 Å². The van der Waals surface area contributed by atoms with Gasteiger partial charge in [0.15, 0.2) is 0 Å². The minimum atomic E-state index is -0.0727. The minimum absolute atomic E-state index is 0.0727. The van der Waals surface area contributed by atoms with Crippen molar-refractivity contribution in [2.45, 2.75) is 13.0 Å². The average molecular weight is 320 g/mol. The van der Waals surface area contributed by atoms with E-state index >= 15 is 0 Å². The summed E-state index contributed by atoms with van der Waals surface area (Å²) in [6.07, 6.45) is 0.272. The van der Waals surface area contributed by atoms with Crippen LogP contribution in [0.5, 0.6) is 11.5 Å². The van der Waals surface area contributed by atoms with Crippen LogP contribution in [-0.2, 0) is 17.8 Å². The topological polar surface area (TPSA) is 47.6 Å². The Morgan fingerprint density at radius 3 is 2.50 bits per heavy atom. The van der Waals surface area contributed by atoms with Gasteiger partial charge < -0.3 is 14.8 Å². The fourth-order valence-corrected chi connectivity index (χ4v) is 2.39. The average Bonchev–Trinajstić information content (AvgIpc) is 2.53. The predicted octanol–water partition coefficient (Wildman–Crippen LogP) is 3.22. The Hall–Kier alpha value is -2.20. The van der Waals surface area contributed by atoms with Crippen LogP contribution in [0.4, 0.5) is 0 Å². The summed E-state index contributed by atoms with van der Waals surface area (Å²) in [5, 5.41) is 3.40. The first-order chi connectivity index (χ1) is 10.6. The molecule has 0 aliphatic heterocycles. The van der Waals surface area contributed by atoms with Crippen molar-refractivity contribution >= 4 is 17.5 Å². The van der Waals surface area contributed by atoms with Crippen LogP contribution in [0.2, 0.25) is 5.02 Å². The Balaban J connectivity index is 1.94. The first-order valence-electron chi connectivity index (χ1n) is 6.85. The third kappa shape index (κ3) is 4.15. The normalized spacial score (nSPS) is 10.1. The first-order valence-corrected chi connectivity index (χ1v) is 7.23. The Morgan fingerprint density at radius 1 is 1.09 bits per heavy atom. The van der Waals surface area contributed by atoms with Crippen molar-refractivity contribution in [3.8, 4) is 11.5 Å². The smallest absolute Gasteiger partial charge is 0.224 e. The molecule has 0 heterocycles. The number of benzene rings is 2. The van der Waals surface area contributed by atoms with Gasteiger partial charge in [0.2, 0.25) is 5.91 Å². The highest BCUT2D eigenvalue weighted by Gasteiger charge is 2.08. The summed E-state index contributed by atoms with van der Waals surface area (Å²) in [6.45, 7) is 0.414. The standard InChI is InChI=1S/C17H18ClNO3/c1-21-15-6-4-3-5-13(15)10-17(20)19-11-12-7-8-16(22-2)14(18)9-12/h3-9H,10-11H2,1-2H3,(H,19,20). The number of methoxy groups -OCH3 is 2. The molecule has 2 rings (SSSR count). The SMILES string of the molecule is COc1ccc(CNC(=O)Cc2ccccc2OC)cc1Cl. The Kier molecular flexibility index (Phi) is 5.67. The van der Waals surface area contributed by atoms with E-state index in [4.69, 9.17) is 21.1 Å². The second-order valence-electron chi connectivity index (χ2n) is 4.73. The second-order valence-corrected chi connectivity index (χ2v) is 5.14. The fraction of sp³-hybridized carbons (Fsp3) is 0.235. The van der Waals surface area contributed by atoms with Crippen LogP contribution in [0.1, 0.15) is 11.1 Å². The molecule has 0 saturated carbocycles. The lowest BCUT2D eigenvalue weighted by molar-refractivity contribution is -0.120. The monoisotopic (exact) mass is 319 g/mol. The molecular weight excluding hydrogens is 302 g/mol. The number of hydrogen-bond donors (Lipinski definition) is 1. The summed E-state index contributed by atoms with van der Waals surface area (Å²) in [7, 11) is 3.16. The Morgan fingerprint density at radius 2 is 1.82 bits per heavy atom. The van der Waals surface area contributed by atoms with Crippen LogP contribution in [0.15, 0.2) is 42.5 Å². The van der Waals surface area contributed by atoms with Gasteiger partial charge in [-0.15, -0.1) is 0 Å². The predicted molar refractivity (Wildman–Crippen MR) is 86.5 cm³/mol. The number of carbonyl (C=O) groups is 1. The molecule has 0 bridgehead atoms. The van der Waals surface area contributed by atoms with E-state index in [1.165, 1.54) is 0 Å².